The highest BCUT2D eigenvalue weighted by atomic mass is 16.5. The summed E-state index contributed by atoms with van der Waals surface area (Å²) in [6, 6.07) is 8.98. The van der Waals surface area contributed by atoms with Gasteiger partial charge < -0.3 is 25.2 Å². The topological polar surface area (TPSA) is 93.4 Å². The lowest BCUT2D eigenvalue weighted by molar-refractivity contribution is -0.0894. The van der Waals surface area contributed by atoms with Crippen molar-refractivity contribution < 1.29 is 25.2 Å². The Bertz CT molecular complexity index is 603. The molecule has 1 aromatic rings. The third kappa shape index (κ3) is 7.81. The summed E-state index contributed by atoms with van der Waals surface area (Å²) in [5.74, 6) is 0.750. The first-order chi connectivity index (χ1) is 15.0. The molecule has 1 aromatic carbocycles. The predicted octanol–water partition coefficient (Wildman–Crippen LogP) is 2.57. The van der Waals surface area contributed by atoms with E-state index in [1.54, 1.807) is 0 Å². The number of nitrogens with zero attached hydrogens (tertiary/aromatic N) is 1. The molecule has 2 aliphatic rings. The number of hydrogen-bond donors (Lipinski definition) is 4. The molecular formula is C25H41NO5. The minimum atomic E-state index is -1.29. The summed E-state index contributed by atoms with van der Waals surface area (Å²) in [5.41, 5.74) is 2.72. The van der Waals surface area contributed by atoms with Crippen molar-refractivity contribution in [3.05, 3.63) is 35.4 Å². The number of benzene rings is 1. The van der Waals surface area contributed by atoms with Gasteiger partial charge in [0, 0.05) is 19.7 Å². The van der Waals surface area contributed by atoms with E-state index in [1.165, 1.54) is 43.2 Å². The van der Waals surface area contributed by atoms with E-state index < -0.39 is 24.4 Å². The molecule has 4 atom stereocenters. The van der Waals surface area contributed by atoms with Crippen molar-refractivity contribution in [2.45, 2.75) is 94.7 Å². The fraction of sp³-hybridized carbons (Fsp3) is 0.760. The van der Waals surface area contributed by atoms with E-state index in [-0.39, 0.29) is 13.1 Å². The van der Waals surface area contributed by atoms with Crippen LogP contribution < -0.4 is 0 Å². The van der Waals surface area contributed by atoms with Crippen LogP contribution in [0.3, 0.4) is 0 Å². The molecular weight excluding hydrogens is 394 g/mol. The number of aliphatic hydroxyl groups is 4. The Hall–Kier alpha value is -1.02. The average Bonchev–Trinajstić information content (AvgIpc) is 2.88. The van der Waals surface area contributed by atoms with Crippen molar-refractivity contribution in [2.24, 2.45) is 0 Å². The number of rotatable bonds is 10. The van der Waals surface area contributed by atoms with Crippen LogP contribution in [0, 0.1) is 0 Å². The molecule has 4 N–H and O–H groups in total. The molecule has 0 radical (unpaired) electrons. The summed E-state index contributed by atoms with van der Waals surface area (Å²) in [6.07, 6.45) is 6.23. The minimum absolute atomic E-state index is 0.276. The number of hydrogen-bond acceptors (Lipinski definition) is 6. The SMILES string of the molecule is O[C@H]1[C@H](O)[C@@H](O)CN(CCCCCCOCc2ccc(C3CCCCC3)cc2)C[C@@H]1O. The standard InChI is InChI=1S/C25H41NO5/c27-22-16-26(17-23(28)25(30)24(22)29)14-6-1-2-7-15-31-18-19-10-12-21(13-11-19)20-8-4-3-5-9-20/h10-13,20,22-25,27-30H,1-9,14-18H2/t22-,23-,24+,25+/m0/s1. The van der Waals surface area contributed by atoms with Gasteiger partial charge in [-0.25, -0.2) is 0 Å². The maximum Gasteiger partial charge on any atom is 0.110 e. The van der Waals surface area contributed by atoms with Gasteiger partial charge in [-0.05, 0) is 49.3 Å². The molecule has 0 amide bonds. The normalized spacial score (nSPS) is 28.5. The predicted molar refractivity (Wildman–Crippen MR) is 121 cm³/mol. The molecule has 1 aliphatic carbocycles. The van der Waals surface area contributed by atoms with Gasteiger partial charge >= 0.3 is 0 Å². The fourth-order valence-corrected chi connectivity index (χ4v) is 4.86. The molecule has 1 saturated heterocycles. The summed E-state index contributed by atoms with van der Waals surface area (Å²) in [7, 11) is 0. The Kier molecular flexibility index (Phi) is 10.2. The minimum Gasteiger partial charge on any atom is -0.389 e. The molecule has 1 aliphatic heterocycles. The maximum absolute atomic E-state index is 9.91. The van der Waals surface area contributed by atoms with E-state index in [0.29, 0.717) is 6.61 Å². The Morgan fingerprint density at radius 1 is 0.774 bits per heavy atom. The summed E-state index contributed by atoms with van der Waals surface area (Å²) < 4.78 is 5.84. The molecule has 0 unspecified atom stereocenters. The second-order valence-corrected chi connectivity index (χ2v) is 9.42. The summed E-state index contributed by atoms with van der Waals surface area (Å²) in [6.45, 7) is 2.71. The lowest BCUT2D eigenvalue weighted by Crippen LogP contribution is -2.43. The van der Waals surface area contributed by atoms with Gasteiger partial charge in [0.15, 0.2) is 0 Å². The van der Waals surface area contributed by atoms with Gasteiger partial charge in [-0.3, -0.25) is 4.90 Å². The molecule has 0 spiro atoms. The third-order valence-corrected chi connectivity index (χ3v) is 6.87. The van der Waals surface area contributed by atoms with E-state index in [2.05, 4.69) is 24.3 Å². The molecule has 0 aromatic heterocycles. The van der Waals surface area contributed by atoms with Crippen molar-refractivity contribution in [2.75, 3.05) is 26.2 Å². The third-order valence-electron chi connectivity index (χ3n) is 6.87. The van der Waals surface area contributed by atoms with Gasteiger partial charge in [0.25, 0.3) is 0 Å². The smallest absolute Gasteiger partial charge is 0.110 e. The quantitative estimate of drug-likeness (QED) is 0.422. The molecule has 1 heterocycles. The van der Waals surface area contributed by atoms with E-state index in [4.69, 9.17) is 4.74 Å². The summed E-state index contributed by atoms with van der Waals surface area (Å²) in [5, 5.41) is 39.3. The Morgan fingerprint density at radius 2 is 1.39 bits per heavy atom. The zero-order valence-corrected chi connectivity index (χ0v) is 18.7. The molecule has 6 heteroatoms. The monoisotopic (exact) mass is 435 g/mol. The van der Waals surface area contributed by atoms with Gasteiger partial charge in [-0.1, -0.05) is 56.4 Å². The van der Waals surface area contributed by atoms with Crippen LogP contribution in [0.2, 0.25) is 0 Å². The van der Waals surface area contributed by atoms with Gasteiger partial charge in [-0.2, -0.15) is 0 Å². The van der Waals surface area contributed by atoms with Crippen LogP contribution >= 0.6 is 0 Å². The van der Waals surface area contributed by atoms with Crippen LogP contribution in [-0.4, -0.2) is 76.0 Å². The second kappa shape index (κ2) is 12.9. The van der Waals surface area contributed by atoms with Crippen molar-refractivity contribution in [1.29, 1.82) is 0 Å². The molecule has 0 bridgehead atoms. The van der Waals surface area contributed by atoms with E-state index in [0.717, 1.165) is 44.8 Å². The second-order valence-electron chi connectivity index (χ2n) is 9.42. The summed E-state index contributed by atoms with van der Waals surface area (Å²) in [4.78, 5) is 1.92. The lowest BCUT2D eigenvalue weighted by atomic mass is 9.84. The number of likely N-dealkylation sites (tertiary alicyclic amines) is 1. The Balaban J connectivity index is 1.23. The zero-order chi connectivity index (χ0) is 22.1. The largest absolute Gasteiger partial charge is 0.389 e. The van der Waals surface area contributed by atoms with E-state index in [1.807, 2.05) is 4.90 Å². The first-order valence-corrected chi connectivity index (χ1v) is 12.2. The Morgan fingerprint density at radius 3 is 2.03 bits per heavy atom. The van der Waals surface area contributed by atoms with Crippen LogP contribution in [0.4, 0.5) is 0 Å². The molecule has 2 fully saturated rings. The highest BCUT2D eigenvalue weighted by Crippen LogP contribution is 2.32. The van der Waals surface area contributed by atoms with Gasteiger partial charge in [-0.15, -0.1) is 0 Å². The lowest BCUT2D eigenvalue weighted by Gasteiger charge is -2.23. The van der Waals surface area contributed by atoms with Gasteiger partial charge in [0.05, 0.1) is 18.8 Å². The van der Waals surface area contributed by atoms with Crippen molar-refractivity contribution in [3.8, 4) is 0 Å². The highest BCUT2D eigenvalue weighted by Gasteiger charge is 2.35. The fourth-order valence-electron chi connectivity index (χ4n) is 4.86. The van der Waals surface area contributed by atoms with Crippen LogP contribution in [-0.2, 0) is 11.3 Å². The number of ether oxygens (including phenoxy) is 1. The number of β-amino-alcohol motifs (C(OH)–C–C–N with tert-alkyl or cyclic N) is 2. The maximum atomic E-state index is 9.91. The highest BCUT2D eigenvalue weighted by molar-refractivity contribution is 5.25. The molecule has 6 nitrogen and oxygen atoms in total. The van der Waals surface area contributed by atoms with Crippen LogP contribution in [0.25, 0.3) is 0 Å². The van der Waals surface area contributed by atoms with Crippen LogP contribution in [0.5, 0.6) is 0 Å². The van der Waals surface area contributed by atoms with Crippen molar-refractivity contribution >= 4 is 0 Å². The van der Waals surface area contributed by atoms with Gasteiger partial charge in [0.1, 0.15) is 12.2 Å². The van der Waals surface area contributed by atoms with Crippen molar-refractivity contribution in [1.82, 2.24) is 4.90 Å². The Labute approximate surface area is 186 Å². The van der Waals surface area contributed by atoms with Crippen LogP contribution in [0.1, 0.15) is 74.8 Å². The zero-order valence-electron chi connectivity index (χ0n) is 18.7. The van der Waals surface area contributed by atoms with Crippen LogP contribution in [0.15, 0.2) is 24.3 Å². The average molecular weight is 436 g/mol. The molecule has 176 valence electrons. The number of aliphatic hydroxyl groups excluding tert-OH is 4. The summed E-state index contributed by atoms with van der Waals surface area (Å²) >= 11 is 0. The molecule has 1 saturated carbocycles. The number of unbranched alkanes of at least 4 members (excludes halogenated alkanes) is 3. The molecule has 31 heavy (non-hydrogen) atoms. The van der Waals surface area contributed by atoms with E-state index >= 15 is 0 Å². The first-order valence-electron chi connectivity index (χ1n) is 12.2. The first kappa shape index (κ1) is 24.6. The molecule has 3 rings (SSSR count). The van der Waals surface area contributed by atoms with Gasteiger partial charge in [0.2, 0.25) is 0 Å². The van der Waals surface area contributed by atoms with E-state index in [9.17, 15) is 20.4 Å². The van der Waals surface area contributed by atoms with Crippen molar-refractivity contribution in [3.63, 3.8) is 0 Å².